The van der Waals surface area contributed by atoms with Gasteiger partial charge in [0.25, 0.3) is 0 Å². The maximum absolute atomic E-state index is 5.84. The van der Waals surface area contributed by atoms with Gasteiger partial charge in [0.2, 0.25) is 0 Å². The van der Waals surface area contributed by atoms with Crippen molar-refractivity contribution in [2.45, 2.75) is 26.3 Å². The summed E-state index contributed by atoms with van der Waals surface area (Å²) >= 11 is 0. The van der Waals surface area contributed by atoms with Crippen LogP contribution >= 0.6 is 0 Å². The van der Waals surface area contributed by atoms with Crippen LogP contribution in [-0.2, 0) is 0 Å². The maximum Gasteiger partial charge on any atom is 0.119 e. The van der Waals surface area contributed by atoms with E-state index in [1.807, 2.05) is 6.07 Å². The zero-order valence-corrected chi connectivity index (χ0v) is 12.6. The van der Waals surface area contributed by atoms with Gasteiger partial charge in [0, 0.05) is 19.1 Å². The van der Waals surface area contributed by atoms with Crippen LogP contribution in [0.25, 0.3) is 0 Å². The van der Waals surface area contributed by atoms with Gasteiger partial charge >= 0.3 is 0 Å². The molecule has 3 rings (SSSR count). The fourth-order valence-electron chi connectivity index (χ4n) is 3.71. The topological polar surface area (TPSA) is 24.5 Å². The van der Waals surface area contributed by atoms with Crippen LogP contribution in [0.4, 0.5) is 0 Å². The molecule has 2 fully saturated rings. The van der Waals surface area contributed by atoms with Crippen LogP contribution in [0, 0.1) is 18.8 Å². The van der Waals surface area contributed by atoms with Crippen LogP contribution in [-0.4, -0.2) is 43.7 Å². The minimum atomic E-state index is 0.731. The molecule has 1 aromatic carbocycles. The summed E-state index contributed by atoms with van der Waals surface area (Å²) in [6.07, 6.45) is 1.12. The average Bonchev–Trinajstić information content (AvgIpc) is 2.99. The Bertz CT molecular complexity index is 448. The number of hydrogen-bond acceptors (Lipinski definition) is 3. The average molecular weight is 274 g/mol. The lowest BCUT2D eigenvalue weighted by atomic mass is 9.95. The van der Waals surface area contributed by atoms with E-state index < -0.39 is 0 Å². The van der Waals surface area contributed by atoms with Gasteiger partial charge in [0.1, 0.15) is 5.75 Å². The zero-order chi connectivity index (χ0) is 13.9. The third kappa shape index (κ3) is 2.99. The molecule has 110 valence electrons. The highest BCUT2D eigenvalue weighted by atomic mass is 16.5. The molecule has 3 nitrogen and oxygen atoms in total. The maximum atomic E-state index is 5.84. The number of fused-ring (bicyclic) bond motifs is 1. The van der Waals surface area contributed by atoms with E-state index >= 15 is 0 Å². The molecule has 2 saturated heterocycles. The van der Waals surface area contributed by atoms with Gasteiger partial charge in [0.05, 0.1) is 6.61 Å². The normalized spacial score (nSPS) is 29.6. The molecule has 3 unspecified atom stereocenters. The smallest absolute Gasteiger partial charge is 0.119 e. The molecule has 0 aliphatic carbocycles. The molecule has 0 spiro atoms. The van der Waals surface area contributed by atoms with Gasteiger partial charge < -0.3 is 10.1 Å². The molecule has 2 aliphatic heterocycles. The highest BCUT2D eigenvalue weighted by Gasteiger charge is 2.41. The minimum Gasteiger partial charge on any atom is -0.494 e. The van der Waals surface area contributed by atoms with Crippen molar-refractivity contribution in [3.8, 4) is 5.75 Å². The number of nitrogens with zero attached hydrogens (tertiary/aromatic N) is 1. The molecule has 20 heavy (non-hydrogen) atoms. The third-order valence-electron chi connectivity index (χ3n) is 4.90. The fourth-order valence-corrected chi connectivity index (χ4v) is 3.71. The molecule has 3 heteroatoms. The van der Waals surface area contributed by atoms with E-state index in [2.05, 4.69) is 42.3 Å². The van der Waals surface area contributed by atoms with E-state index in [9.17, 15) is 0 Å². The fraction of sp³-hybridized carbons (Fsp3) is 0.647. The molecule has 0 bridgehead atoms. The van der Waals surface area contributed by atoms with Crippen molar-refractivity contribution in [2.24, 2.45) is 11.8 Å². The van der Waals surface area contributed by atoms with E-state index in [4.69, 9.17) is 4.74 Å². The first-order chi connectivity index (χ1) is 9.74. The molecule has 0 radical (unpaired) electrons. The molecule has 1 aromatic rings. The van der Waals surface area contributed by atoms with Gasteiger partial charge in [-0.3, -0.25) is 4.90 Å². The lowest BCUT2D eigenvalue weighted by molar-refractivity contribution is 0.212. The largest absolute Gasteiger partial charge is 0.494 e. The van der Waals surface area contributed by atoms with Crippen LogP contribution in [0.5, 0.6) is 5.75 Å². The van der Waals surface area contributed by atoms with Gasteiger partial charge in [-0.1, -0.05) is 12.1 Å². The van der Waals surface area contributed by atoms with Crippen LogP contribution in [0.15, 0.2) is 24.3 Å². The number of hydrogen-bond donors (Lipinski definition) is 1. The molecule has 0 amide bonds. The Labute approximate surface area is 122 Å². The summed E-state index contributed by atoms with van der Waals surface area (Å²) in [5, 5.41) is 3.52. The molecule has 0 saturated carbocycles. The standard InChI is InChI=1S/C17H26N2O/c1-13-5-3-6-16(9-13)20-8-4-7-19-12-15-10-18-11-17(15)14(19)2/h3,5-6,9,14-15,17-18H,4,7-8,10-12H2,1-2H3. The number of rotatable bonds is 5. The summed E-state index contributed by atoms with van der Waals surface area (Å²) < 4.78 is 5.84. The monoisotopic (exact) mass is 274 g/mol. The Hall–Kier alpha value is -1.06. The van der Waals surface area contributed by atoms with E-state index in [1.165, 1.54) is 31.7 Å². The predicted molar refractivity (Wildman–Crippen MR) is 82.2 cm³/mol. The highest BCUT2D eigenvalue weighted by Crippen LogP contribution is 2.32. The van der Waals surface area contributed by atoms with Gasteiger partial charge in [0.15, 0.2) is 0 Å². The van der Waals surface area contributed by atoms with Gasteiger partial charge in [-0.2, -0.15) is 0 Å². The molecule has 2 heterocycles. The van der Waals surface area contributed by atoms with Crippen LogP contribution < -0.4 is 10.1 Å². The molecular weight excluding hydrogens is 248 g/mol. The van der Waals surface area contributed by atoms with Crippen molar-refractivity contribution in [3.05, 3.63) is 29.8 Å². The third-order valence-corrected chi connectivity index (χ3v) is 4.90. The number of nitrogens with one attached hydrogen (secondary N) is 1. The summed E-state index contributed by atoms with van der Waals surface area (Å²) in [6.45, 7) is 10.2. The quantitative estimate of drug-likeness (QED) is 0.834. The van der Waals surface area contributed by atoms with Gasteiger partial charge in [-0.05, 0) is 62.9 Å². The van der Waals surface area contributed by atoms with E-state index in [0.29, 0.717) is 0 Å². The second-order valence-corrected chi connectivity index (χ2v) is 6.34. The van der Waals surface area contributed by atoms with Crippen molar-refractivity contribution >= 4 is 0 Å². The number of aryl methyl sites for hydroxylation is 1. The molecule has 2 aliphatic rings. The van der Waals surface area contributed by atoms with E-state index in [1.54, 1.807) is 0 Å². The summed E-state index contributed by atoms with van der Waals surface area (Å²) in [5.74, 6) is 2.75. The van der Waals surface area contributed by atoms with Crippen molar-refractivity contribution in [3.63, 3.8) is 0 Å². The predicted octanol–water partition coefficient (Wildman–Crippen LogP) is 2.30. The van der Waals surface area contributed by atoms with E-state index in [-0.39, 0.29) is 0 Å². The summed E-state index contributed by atoms with van der Waals surface area (Å²) in [6, 6.07) is 9.04. The summed E-state index contributed by atoms with van der Waals surface area (Å²) in [4.78, 5) is 2.65. The van der Waals surface area contributed by atoms with Gasteiger partial charge in [-0.15, -0.1) is 0 Å². The Balaban J connectivity index is 1.40. The lowest BCUT2D eigenvalue weighted by Gasteiger charge is -2.24. The Morgan fingerprint density at radius 2 is 2.25 bits per heavy atom. The van der Waals surface area contributed by atoms with Crippen molar-refractivity contribution < 1.29 is 4.74 Å². The minimum absolute atomic E-state index is 0.731. The van der Waals surface area contributed by atoms with Crippen molar-refractivity contribution in [1.29, 1.82) is 0 Å². The first-order valence-corrected chi connectivity index (χ1v) is 7.88. The summed E-state index contributed by atoms with van der Waals surface area (Å²) in [5.41, 5.74) is 1.26. The van der Waals surface area contributed by atoms with Gasteiger partial charge in [-0.25, -0.2) is 0 Å². The molecule has 3 atom stereocenters. The van der Waals surface area contributed by atoms with Crippen LogP contribution in [0.2, 0.25) is 0 Å². The molecular formula is C17H26N2O. The first kappa shape index (κ1) is 13.9. The van der Waals surface area contributed by atoms with Crippen molar-refractivity contribution in [1.82, 2.24) is 10.2 Å². The molecule has 0 aromatic heterocycles. The summed E-state index contributed by atoms with van der Waals surface area (Å²) in [7, 11) is 0. The second-order valence-electron chi connectivity index (χ2n) is 6.34. The Morgan fingerprint density at radius 1 is 1.35 bits per heavy atom. The molecule has 1 N–H and O–H groups in total. The zero-order valence-electron chi connectivity index (χ0n) is 12.6. The SMILES string of the molecule is Cc1cccc(OCCCN2CC3CNCC3C2C)c1. The second kappa shape index (κ2) is 6.15. The number of ether oxygens (including phenoxy) is 1. The first-order valence-electron chi connectivity index (χ1n) is 7.88. The van der Waals surface area contributed by atoms with E-state index in [0.717, 1.165) is 36.7 Å². The highest BCUT2D eigenvalue weighted by molar-refractivity contribution is 5.27. The Kier molecular flexibility index (Phi) is 4.27. The Morgan fingerprint density at radius 3 is 3.05 bits per heavy atom. The van der Waals surface area contributed by atoms with Crippen LogP contribution in [0.1, 0.15) is 18.9 Å². The number of benzene rings is 1. The lowest BCUT2D eigenvalue weighted by Crippen LogP contribution is -2.34. The van der Waals surface area contributed by atoms with Crippen molar-refractivity contribution in [2.75, 3.05) is 32.8 Å². The van der Waals surface area contributed by atoms with Crippen LogP contribution in [0.3, 0.4) is 0 Å². The number of likely N-dealkylation sites (tertiary alicyclic amines) is 1.